The summed E-state index contributed by atoms with van der Waals surface area (Å²) in [6.45, 7) is 0.496. The highest BCUT2D eigenvalue weighted by molar-refractivity contribution is 5.95. The average molecular weight is 347 g/mol. The van der Waals surface area contributed by atoms with Gasteiger partial charge < -0.3 is 10.1 Å². The number of hydrogen-bond donors (Lipinski definition) is 2. The first kappa shape index (κ1) is 17.6. The van der Waals surface area contributed by atoms with Gasteiger partial charge in [0.1, 0.15) is 11.8 Å². The summed E-state index contributed by atoms with van der Waals surface area (Å²) >= 11 is 0. The van der Waals surface area contributed by atoms with E-state index in [0.717, 1.165) is 22.7 Å². The zero-order valence-corrected chi connectivity index (χ0v) is 14.6. The number of benzene rings is 2. The van der Waals surface area contributed by atoms with Crippen molar-refractivity contribution >= 4 is 11.6 Å². The van der Waals surface area contributed by atoms with Crippen molar-refractivity contribution in [2.75, 3.05) is 12.4 Å². The highest BCUT2D eigenvalue weighted by Gasteiger charge is 2.20. The molecule has 1 atom stereocenters. The summed E-state index contributed by atoms with van der Waals surface area (Å²) in [5, 5.41) is 6.25. The van der Waals surface area contributed by atoms with E-state index in [0.29, 0.717) is 6.54 Å². The Morgan fingerprint density at radius 1 is 1.00 bits per heavy atom. The molecule has 0 radical (unpaired) electrons. The minimum atomic E-state index is -0.486. The van der Waals surface area contributed by atoms with Crippen LogP contribution in [0, 0.1) is 0 Å². The Morgan fingerprint density at radius 3 is 2.38 bits per heavy atom. The number of amides is 1. The Hall–Kier alpha value is -3.18. The fourth-order valence-electron chi connectivity index (χ4n) is 2.61. The van der Waals surface area contributed by atoms with E-state index in [-0.39, 0.29) is 5.91 Å². The number of pyridine rings is 1. The van der Waals surface area contributed by atoms with E-state index in [1.807, 2.05) is 72.8 Å². The average Bonchev–Trinajstić information content (AvgIpc) is 2.70. The molecule has 0 spiro atoms. The first-order valence-electron chi connectivity index (χ1n) is 8.39. The molecule has 1 amide bonds. The van der Waals surface area contributed by atoms with Crippen LogP contribution in [0.25, 0.3) is 0 Å². The zero-order chi connectivity index (χ0) is 18.2. The van der Waals surface area contributed by atoms with Crippen molar-refractivity contribution in [3.8, 4) is 5.75 Å². The summed E-state index contributed by atoms with van der Waals surface area (Å²) in [5.74, 6) is 0.619. The van der Waals surface area contributed by atoms with E-state index in [2.05, 4.69) is 15.6 Å². The van der Waals surface area contributed by atoms with Gasteiger partial charge in [0.25, 0.3) is 0 Å². The quantitative estimate of drug-likeness (QED) is 0.686. The predicted octanol–water partition coefficient (Wildman–Crippen LogP) is 3.56. The van der Waals surface area contributed by atoms with Gasteiger partial charge in [0.2, 0.25) is 5.91 Å². The monoisotopic (exact) mass is 347 g/mol. The van der Waals surface area contributed by atoms with Crippen molar-refractivity contribution in [1.82, 2.24) is 10.3 Å². The smallest absolute Gasteiger partial charge is 0.246 e. The third kappa shape index (κ3) is 4.68. The SMILES string of the molecule is COc1ccc(NC(=O)C(NCc2ccccn2)c2ccccc2)cc1. The van der Waals surface area contributed by atoms with Crippen LogP contribution in [0.15, 0.2) is 79.0 Å². The molecule has 2 aromatic carbocycles. The van der Waals surface area contributed by atoms with Crippen LogP contribution in [-0.4, -0.2) is 18.0 Å². The molecule has 0 fully saturated rings. The molecule has 5 nitrogen and oxygen atoms in total. The summed E-state index contributed by atoms with van der Waals surface area (Å²) in [7, 11) is 1.61. The topological polar surface area (TPSA) is 63.2 Å². The molecule has 0 aliphatic heterocycles. The second kappa shape index (κ2) is 8.78. The van der Waals surface area contributed by atoms with E-state index in [4.69, 9.17) is 4.74 Å². The normalized spacial score (nSPS) is 11.6. The standard InChI is InChI=1S/C21H21N3O2/c1-26-19-12-10-17(11-13-19)24-21(25)20(16-7-3-2-4-8-16)23-15-18-9-5-6-14-22-18/h2-14,20,23H,15H2,1H3,(H,24,25). The zero-order valence-electron chi connectivity index (χ0n) is 14.6. The predicted molar refractivity (Wildman–Crippen MR) is 102 cm³/mol. The minimum absolute atomic E-state index is 0.128. The van der Waals surface area contributed by atoms with Crippen LogP contribution in [0.1, 0.15) is 17.3 Å². The number of aromatic nitrogens is 1. The molecule has 1 unspecified atom stereocenters. The number of hydrogen-bond acceptors (Lipinski definition) is 4. The first-order chi connectivity index (χ1) is 12.8. The molecule has 0 aliphatic rings. The van der Waals surface area contributed by atoms with E-state index in [1.54, 1.807) is 13.3 Å². The van der Waals surface area contributed by atoms with Crippen LogP contribution in [-0.2, 0) is 11.3 Å². The molecule has 1 aromatic heterocycles. The lowest BCUT2D eigenvalue weighted by atomic mass is 10.1. The van der Waals surface area contributed by atoms with Crippen molar-refractivity contribution in [3.05, 3.63) is 90.3 Å². The molecular weight excluding hydrogens is 326 g/mol. The number of anilines is 1. The van der Waals surface area contributed by atoms with E-state index in [1.165, 1.54) is 0 Å². The van der Waals surface area contributed by atoms with Crippen molar-refractivity contribution in [2.45, 2.75) is 12.6 Å². The largest absolute Gasteiger partial charge is 0.497 e. The van der Waals surface area contributed by atoms with Gasteiger partial charge in [-0.15, -0.1) is 0 Å². The summed E-state index contributed by atoms with van der Waals surface area (Å²) in [6, 6.07) is 22.1. The molecule has 5 heteroatoms. The summed E-state index contributed by atoms with van der Waals surface area (Å²) in [6.07, 6.45) is 1.74. The second-order valence-corrected chi connectivity index (χ2v) is 5.76. The molecule has 3 rings (SSSR count). The Kier molecular flexibility index (Phi) is 5.96. The molecule has 26 heavy (non-hydrogen) atoms. The van der Waals surface area contributed by atoms with E-state index in [9.17, 15) is 4.79 Å². The maximum absolute atomic E-state index is 12.9. The lowest BCUT2D eigenvalue weighted by Crippen LogP contribution is -2.33. The third-order valence-corrected chi connectivity index (χ3v) is 3.97. The molecule has 0 bridgehead atoms. The molecule has 132 valence electrons. The lowest BCUT2D eigenvalue weighted by Gasteiger charge is -2.19. The Bertz CT molecular complexity index is 821. The molecule has 0 saturated heterocycles. The Labute approximate surface area is 153 Å². The van der Waals surface area contributed by atoms with Crippen LogP contribution in [0.2, 0.25) is 0 Å². The van der Waals surface area contributed by atoms with Gasteiger partial charge in [-0.3, -0.25) is 15.1 Å². The van der Waals surface area contributed by atoms with Crippen LogP contribution in [0.3, 0.4) is 0 Å². The van der Waals surface area contributed by atoms with Crippen molar-refractivity contribution in [3.63, 3.8) is 0 Å². The van der Waals surface area contributed by atoms with Gasteiger partial charge in [-0.2, -0.15) is 0 Å². The van der Waals surface area contributed by atoms with Gasteiger partial charge in [-0.1, -0.05) is 36.4 Å². The fraction of sp³-hybridized carbons (Fsp3) is 0.143. The number of carbonyl (C=O) groups is 1. The van der Waals surface area contributed by atoms with Gasteiger partial charge in [-0.05, 0) is 42.0 Å². The van der Waals surface area contributed by atoms with E-state index >= 15 is 0 Å². The molecule has 0 aliphatic carbocycles. The fourth-order valence-corrected chi connectivity index (χ4v) is 2.61. The lowest BCUT2D eigenvalue weighted by molar-refractivity contribution is -0.118. The summed E-state index contributed by atoms with van der Waals surface area (Å²) in [4.78, 5) is 17.2. The highest BCUT2D eigenvalue weighted by Crippen LogP contribution is 2.19. The second-order valence-electron chi connectivity index (χ2n) is 5.76. The minimum Gasteiger partial charge on any atom is -0.497 e. The van der Waals surface area contributed by atoms with Crippen molar-refractivity contribution in [2.24, 2.45) is 0 Å². The number of nitrogens with zero attached hydrogens (tertiary/aromatic N) is 1. The van der Waals surface area contributed by atoms with Gasteiger partial charge >= 0.3 is 0 Å². The van der Waals surface area contributed by atoms with Crippen LogP contribution < -0.4 is 15.4 Å². The number of carbonyl (C=O) groups excluding carboxylic acids is 1. The first-order valence-corrected chi connectivity index (χ1v) is 8.39. The van der Waals surface area contributed by atoms with Gasteiger partial charge in [0.15, 0.2) is 0 Å². The number of rotatable bonds is 7. The van der Waals surface area contributed by atoms with Gasteiger partial charge in [0.05, 0.1) is 12.8 Å². The van der Waals surface area contributed by atoms with E-state index < -0.39 is 6.04 Å². The Balaban J connectivity index is 1.74. The molecule has 2 N–H and O–H groups in total. The maximum atomic E-state index is 12.9. The number of nitrogens with one attached hydrogen (secondary N) is 2. The third-order valence-electron chi connectivity index (χ3n) is 3.97. The number of ether oxygens (including phenoxy) is 1. The molecule has 3 aromatic rings. The van der Waals surface area contributed by atoms with Crippen LogP contribution in [0.4, 0.5) is 5.69 Å². The summed E-state index contributed by atoms with van der Waals surface area (Å²) in [5.41, 5.74) is 2.50. The highest BCUT2D eigenvalue weighted by atomic mass is 16.5. The van der Waals surface area contributed by atoms with Gasteiger partial charge in [0, 0.05) is 18.4 Å². The van der Waals surface area contributed by atoms with Crippen LogP contribution >= 0.6 is 0 Å². The Morgan fingerprint density at radius 2 is 1.73 bits per heavy atom. The van der Waals surface area contributed by atoms with Gasteiger partial charge in [-0.25, -0.2) is 0 Å². The van der Waals surface area contributed by atoms with Crippen LogP contribution in [0.5, 0.6) is 5.75 Å². The van der Waals surface area contributed by atoms with Crippen molar-refractivity contribution < 1.29 is 9.53 Å². The van der Waals surface area contributed by atoms with Crippen molar-refractivity contribution in [1.29, 1.82) is 0 Å². The number of methoxy groups -OCH3 is 1. The molecule has 1 heterocycles. The summed E-state index contributed by atoms with van der Waals surface area (Å²) < 4.78 is 5.15. The molecular formula is C21H21N3O2. The molecule has 0 saturated carbocycles. The maximum Gasteiger partial charge on any atom is 0.246 e.